The van der Waals surface area contributed by atoms with E-state index in [2.05, 4.69) is 42.6 Å². The highest BCUT2D eigenvalue weighted by molar-refractivity contribution is 6.10. The number of aryl methyl sites for hydroxylation is 2. The first-order valence-electron chi connectivity index (χ1n) is 13.7. The van der Waals surface area contributed by atoms with E-state index < -0.39 is 0 Å². The number of hydrogen-bond donors (Lipinski definition) is 1. The zero-order valence-electron chi connectivity index (χ0n) is 21.3. The Bertz CT molecular complexity index is 1290. The van der Waals surface area contributed by atoms with Crippen molar-refractivity contribution in [3.8, 4) is 0 Å². The number of nitrogens with one attached hydrogen (secondary N) is 1. The lowest BCUT2D eigenvalue weighted by Crippen LogP contribution is -2.25. The largest absolute Gasteiger partial charge is 0.356 e. The second-order valence-electron chi connectivity index (χ2n) is 10.2. The third kappa shape index (κ3) is 5.00. The SMILES string of the molecule is CCCCCCC(=O)NCCc1cccc2c(C3C=CC=C4C(=O)C=CC=C43)nc3c(c12)CCCC3. The first kappa shape index (κ1) is 24.4. The van der Waals surface area contributed by atoms with Crippen molar-refractivity contribution in [2.75, 3.05) is 6.54 Å². The maximum absolute atomic E-state index is 12.5. The summed E-state index contributed by atoms with van der Waals surface area (Å²) < 4.78 is 0. The predicted molar refractivity (Wildman–Crippen MR) is 146 cm³/mol. The third-order valence-corrected chi connectivity index (χ3v) is 7.69. The number of pyridine rings is 1. The van der Waals surface area contributed by atoms with Crippen LogP contribution in [-0.2, 0) is 28.9 Å². The molecule has 0 saturated heterocycles. The van der Waals surface area contributed by atoms with Gasteiger partial charge >= 0.3 is 0 Å². The van der Waals surface area contributed by atoms with E-state index in [1.54, 1.807) is 6.08 Å². The van der Waals surface area contributed by atoms with Crippen molar-refractivity contribution in [1.29, 1.82) is 0 Å². The smallest absolute Gasteiger partial charge is 0.220 e. The number of benzene rings is 1. The van der Waals surface area contributed by atoms with Crippen molar-refractivity contribution in [2.45, 2.75) is 77.0 Å². The average Bonchev–Trinajstić information content (AvgIpc) is 2.91. The summed E-state index contributed by atoms with van der Waals surface area (Å²) in [6.45, 7) is 2.84. The molecule has 1 heterocycles. The topological polar surface area (TPSA) is 59.1 Å². The van der Waals surface area contributed by atoms with Crippen molar-refractivity contribution >= 4 is 22.5 Å². The number of unbranched alkanes of at least 4 members (excludes halogenated alkanes) is 3. The Labute approximate surface area is 214 Å². The highest BCUT2D eigenvalue weighted by atomic mass is 16.1. The minimum absolute atomic E-state index is 0.0355. The zero-order valence-corrected chi connectivity index (χ0v) is 21.3. The van der Waals surface area contributed by atoms with Gasteiger partial charge in [0.15, 0.2) is 5.78 Å². The van der Waals surface area contributed by atoms with Gasteiger partial charge < -0.3 is 5.32 Å². The van der Waals surface area contributed by atoms with Gasteiger partial charge in [-0.25, -0.2) is 0 Å². The molecule has 1 atom stereocenters. The highest BCUT2D eigenvalue weighted by Gasteiger charge is 2.29. The first-order valence-corrected chi connectivity index (χ1v) is 13.7. The lowest BCUT2D eigenvalue weighted by molar-refractivity contribution is -0.121. The molecule has 0 bridgehead atoms. The van der Waals surface area contributed by atoms with Crippen molar-refractivity contribution in [2.24, 2.45) is 0 Å². The van der Waals surface area contributed by atoms with E-state index in [0.717, 1.165) is 55.4 Å². The fraction of sp³-hybridized carbons (Fsp3) is 0.406. The van der Waals surface area contributed by atoms with E-state index in [1.165, 1.54) is 46.9 Å². The number of nitrogens with zero attached hydrogens (tertiary/aromatic N) is 1. The Kier molecular flexibility index (Phi) is 7.60. The minimum Gasteiger partial charge on any atom is -0.356 e. The maximum atomic E-state index is 12.5. The lowest BCUT2D eigenvalue weighted by Gasteiger charge is -2.27. The van der Waals surface area contributed by atoms with Gasteiger partial charge in [0.2, 0.25) is 5.91 Å². The number of allylic oxidation sites excluding steroid dienone is 8. The number of fused-ring (bicyclic) bond motifs is 4. The Balaban J connectivity index is 1.46. The van der Waals surface area contributed by atoms with Crippen LogP contribution in [0, 0.1) is 0 Å². The summed E-state index contributed by atoms with van der Waals surface area (Å²) in [7, 11) is 0. The van der Waals surface area contributed by atoms with Crippen LogP contribution in [0.4, 0.5) is 0 Å². The molecular weight excluding hydrogens is 444 g/mol. The molecule has 186 valence electrons. The molecule has 0 aliphatic heterocycles. The van der Waals surface area contributed by atoms with E-state index in [4.69, 9.17) is 4.98 Å². The van der Waals surface area contributed by atoms with E-state index >= 15 is 0 Å². The Morgan fingerprint density at radius 1 is 1.08 bits per heavy atom. The molecule has 0 spiro atoms. The summed E-state index contributed by atoms with van der Waals surface area (Å²) in [5.41, 5.74) is 6.73. The van der Waals surface area contributed by atoms with Crippen molar-refractivity contribution in [3.63, 3.8) is 0 Å². The monoisotopic (exact) mass is 480 g/mol. The molecule has 5 rings (SSSR count). The van der Waals surface area contributed by atoms with Gasteiger partial charge in [0, 0.05) is 35.5 Å². The molecular formula is C32H36N2O2. The quantitative estimate of drug-likeness (QED) is 0.423. The fourth-order valence-electron chi connectivity index (χ4n) is 5.86. The lowest BCUT2D eigenvalue weighted by atomic mass is 9.79. The van der Waals surface area contributed by atoms with Crippen LogP contribution < -0.4 is 5.32 Å². The number of rotatable bonds is 9. The Morgan fingerprint density at radius 2 is 1.97 bits per heavy atom. The van der Waals surface area contributed by atoms with Gasteiger partial charge in [0.25, 0.3) is 0 Å². The summed E-state index contributed by atoms with van der Waals surface area (Å²) >= 11 is 0. The van der Waals surface area contributed by atoms with Crippen molar-refractivity contribution in [3.05, 3.63) is 88.3 Å². The van der Waals surface area contributed by atoms with Gasteiger partial charge in [-0.3, -0.25) is 14.6 Å². The molecule has 4 heteroatoms. The van der Waals surface area contributed by atoms with Gasteiger partial charge in [-0.05, 0) is 66.7 Å². The van der Waals surface area contributed by atoms with E-state index in [0.29, 0.717) is 13.0 Å². The zero-order chi connectivity index (χ0) is 24.9. The number of carbonyl (C=O) groups is 2. The molecule has 0 fully saturated rings. The van der Waals surface area contributed by atoms with E-state index in [9.17, 15) is 9.59 Å². The molecule has 3 aliphatic carbocycles. The summed E-state index contributed by atoms with van der Waals surface area (Å²) in [6.07, 6.45) is 22.0. The molecule has 1 N–H and O–H groups in total. The second kappa shape index (κ2) is 11.2. The Morgan fingerprint density at radius 3 is 2.86 bits per heavy atom. The second-order valence-corrected chi connectivity index (χ2v) is 10.2. The average molecular weight is 481 g/mol. The van der Waals surface area contributed by atoms with Crippen LogP contribution in [-0.4, -0.2) is 23.2 Å². The molecule has 36 heavy (non-hydrogen) atoms. The fourth-order valence-corrected chi connectivity index (χ4v) is 5.86. The van der Waals surface area contributed by atoms with Gasteiger partial charge in [0.1, 0.15) is 0 Å². The summed E-state index contributed by atoms with van der Waals surface area (Å²) in [4.78, 5) is 30.1. The molecule has 1 amide bonds. The van der Waals surface area contributed by atoms with Crippen LogP contribution >= 0.6 is 0 Å². The third-order valence-electron chi connectivity index (χ3n) is 7.69. The van der Waals surface area contributed by atoms with Crippen LogP contribution in [0.15, 0.2) is 65.8 Å². The highest BCUT2D eigenvalue weighted by Crippen LogP contribution is 2.41. The first-order chi connectivity index (χ1) is 17.7. The van der Waals surface area contributed by atoms with Gasteiger partial charge in [-0.2, -0.15) is 0 Å². The van der Waals surface area contributed by atoms with Crippen LogP contribution in [0.1, 0.15) is 80.3 Å². The van der Waals surface area contributed by atoms with Crippen LogP contribution in [0.2, 0.25) is 0 Å². The van der Waals surface area contributed by atoms with Gasteiger partial charge in [-0.1, -0.05) is 74.8 Å². The molecule has 0 saturated carbocycles. The molecule has 3 aliphatic rings. The normalized spacial score (nSPS) is 18.5. The van der Waals surface area contributed by atoms with Crippen molar-refractivity contribution < 1.29 is 9.59 Å². The summed E-state index contributed by atoms with van der Waals surface area (Å²) in [5, 5.41) is 5.64. The summed E-state index contributed by atoms with van der Waals surface area (Å²) in [5.74, 6) is 0.186. The molecule has 1 unspecified atom stereocenters. The number of ketones is 1. The van der Waals surface area contributed by atoms with Gasteiger partial charge in [-0.15, -0.1) is 0 Å². The number of carbonyl (C=O) groups excluding carboxylic acids is 2. The maximum Gasteiger partial charge on any atom is 0.220 e. The minimum atomic E-state index is -0.0355. The number of aromatic nitrogens is 1. The summed E-state index contributed by atoms with van der Waals surface area (Å²) in [6, 6.07) is 6.52. The molecule has 4 nitrogen and oxygen atoms in total. The van der Waals surface area contributed by atoms with E-state index in [-0.39, 0.29) is 17.6 Å². The van der Waals surface area contributed by atoms with E-state index in [1.807, 2.05) is 18.2 Å². The molecule has 1 aromatic carbocycles. The van der Waals surface area contributed by atoms with Crippen LogP contribution in [0.3, 0.4) is 0 Å². The number of hydrogen-bond acceptors (Lipinski definition) is 3. The standard InChI is InChI=1S/C32H36N2O2/c1-2-3-4-5-19-30(36)33-21-20-22-11-8-16-27-31(22)26-12-6-7-17-28(26)34-32(27)25-15-9-14-24-23(25)13-10-18-29(24)35/h8-11,13-16,18,25H,2-7,12,17,19-21H2,1H3,(H,33,36). The number of amides is 1. The van der Waals surface area contributed by atoms with Crippen molar-refractivity contribution in [1.82, 2.24) is 10.3 Å². The van der Waals surface area contributed by atoms with Crippen LogP contribution in [0.5, 0.6) is 0 Å². The molecule has 2 aromatic rings. The molecule has 1 aromatic heterocycles. The Hall–Kier alpha value is -3.27. The molecule has 0 radical (unpaired) electrons. The van der Waals surface area contributed by atoms with Gasteiger partial charge in [0.05, 0.1) is 5.69 Å². The predicted octanol–water partition coefficient (Wildman–Crippen LogP) is 6.39. The van der Waals surface area contributed by atoms with Crippen LogP contribution in [0.25, 0.3) is 10.8 Å².